The van der Waals surface area contributed by atoms with Crippen LogP contribution in [0.5, 0.6) is 0 Å². The van der Waals surface area contributed by atoms with E-state index in [-0.39, 0.29) is 38.4 Å². The van der Waals surface area contributed by atoms with Crippen molar-refractivity contribution in [3.8, 4) is 0 Å². The maximum Gasteiger partial charge on any atom is 0.308 e. The summed E-state index contributed by atoms with van der Waals surface area (Å²) in [4.78, 5) is 21.9. The van der Waals surface area contributed by atoms with Crippen LogP contribution in [0.15, 0.2) is 0 Å². The predicted octanol–water partition coefficient (Wildman–Crippen LogP) is -1.12. The molecule has 0 bridgehead atoms. The molecule has 0 saturated carbocycles. The van der Waals surface area contributed by atoms with E-state index >= 15 is 0 Å². The summed E-state index contributed by atoms with van der Waals surface area (Å²) in [6.45, 7) is 0.734. The van der Waals surface area contributed by atoms with E-state index in [4.69, 9.17) is 27.2 Å². The van der Waals surface area contributed by atoms with Crippen LogP contribution in [-0.4, -0.2) is 67.5 Å². The quantitative estimate of drug-likeness (QED) is 0.347. The Morgan fingerprint density at radius 1 is 1.40 bits per heavy atom. The zero-order chi connectivity index (χ0) is 15.1. The molecular weight excluding hydrogens is 267 g/mol. The first-order chi connectivity index (χ1) is 9.43. The highest BCUT2D eigenvalue weighted by atomic mass is 16.7. The van der Waals surface area contributed by atoms with Gasteiger partial charge in [-0.3, -0.25) is 4.79 Å². The maximum absolute atomic E-state index is 11.2. The average molecular weight is 286 g/mol. The summed E-state index contributed by atoms with van der Waals surface area (Å²) in [5.74, 6) is -0.636. The summed E-state index contributed by atoms with van der Waals surface area (Å²) in [6.07, 6.45) is -1.95. The fraction of sp³-hybridized carbons (Fsp3) is 0.833. The Labute approximate surface area is 118 Å². The first kappa shape index (κ1) is 17.1. The zero-order valence-electron chi connectivity index (χ0n) is 11.4. The molecule has 1 fully saturated rings. The molecule has 20 heavy (non-hydrogen) atoms. The number of Topliss-reactive ketones (excluding diaryl/α,β-unsaturated/α-hetero) is 1. The van der Waals surface area contributed by atoms with Gasteiger partial charge in [0.25, 0.3) is 0 Å². The van der Waals surface area contributed by atoms with Crippen molar-refractivity contribution >= 4 is 19.6 Å². The Morgan fingerprint density at radius 3 is 2.70 bits per heavy atom. The summed E-state index contributed by atoms with van der Waals surface area (Å²) in [7, 11) is 5.67. The van der Waals surface area contributed by atoms with Crippen LogP contribution in [0.4, 0.5) is 0 Å². The van der Waals surface area contributed by atoms with Crippen LogP contribution in [0.25, 0.3) is 0 Å². The number of aliphatic hydroxyl groups excluding tert-OH is 2. The summed E-state index contributed by atoms with van der Waals surface area (Å²) >= 11 is 0. The van der Waals surface area contributed by atoms with Crippen molar-refractivity contribution in [1.29, 1.82) is 0 Å². The van der Waals surface area contributed by atoms with Crippen LogP contribution < -0.4 is 0 Å². The highest BCUT2D eigenvalue weighted by molar-refractivity contribution is 6.11. The second-order valence-electron chi connectivity index (χ2n) is 4.67. The lowest BCUT2D eigenvalue weighted by Crippen LogP contribution is -2.50. The summed E-state index contributed by atoms with van der Waals surface area (Å²) in [5, 5.41) is 18.6. The molecular formula is C12H19BO7. The van der Waals surface area contributed by atoms with Crippen LogP contribution in [0, 0.1) is 0 Å². The average Bonchev–Trinajstić information content (AvgIpc) is 2.39. The molecule has 0 amide bonds. The van der Waals surface area contributed by atoms with Crippen molar-refractivity contribution in [2.45, 2.75) is 50.5 Å². The molecule has 112 valence electrons. The third-order valence-corrected chi connectivity index (χ3v) is 2.96. The van der Waals surface area contributed by atoms with Gasteiger partial charge in [0, 0.05) is 18.8 Å². The Kier molecular flexibility index (Phi) is 7.15. The molecule has 0 aliphatic carbocycles. The van der Waals surface area contributed by atoms with Crippen LogP contribution in [0.2, 0.25) is 0 Å². The minimum absolute atomic E-state index is 0.00112. The highest BCUT2D eigenvalue weighted by Gasteiger charge is 2.34. The van der Waals surface area contributed by atoms with Gasteiger partial charge in [-0.1, -0.05) is 0 Å². The Bertz CT molecular complexity index is 336. The fourth-order valence-corrected chi connectivity index (χ4v) is 1.77. The molecule has 2 radical (unpaired) electrons. The number of hydrogen-bond donors (Lipinski definition) is 2. The van der Waals surface area contributed by atoms with Crippen molar-refractivity contribution in [2.24, 2.45) is 0 Å². The number of esters is 1. The lowest BCUT2D eigenvalue weighted by Gasteiger charge is -2.37. The van der Waals surface area contributed by atoms with Crippen LogP contribution in [-0.2, 0) is 23.8 Å². The largest absolute Gasteiger partial charge is 0.438 e. The molecule has 4 atom stereocenters. The smallest absolute Gasteiger partial charge is 0.308 e. The Morgan fingerprint density at radius 2 is 2.10 bits per heavy atom. The van der Waals surface area contributed by atoms with Gasteiger partial charge in [0.2, 0.25) is 0 Å². The third kappa shape index (κ3) is 5.58. The molecule has 1 aliphatic heterocycles. The number of hydrogen-bond acceptors (Lipinski definition) is 7. The Balaban J connectivity index is 2.24. The second-order valence-corrected chi connectivity index (χ2v) is 4.67. The SMILES string of the molecule is [B][C@@H]1O[C@H](CO)C(O)CC1OCOC(=O)CCC(C)=O. The van der Waals surface area contributed by atoms with Crippen LogP contribution >= 0.6 is 0 Å². The van der Waals surface area contributed by atoms with Gasteiger partial charge in [-0.25, -0.2) is 0 Å². The van der Waals surface area contributed by atoms with E-state index in [0.717, 1.165) is 0 Å². The molecule has 1 rings (SSSR count). The molecule has 2 unspecified atom stereocenters. The van der Waals surface area contributed by atoms with E-state index in [1.807, 2.05) is 0 Å². The Hall–Kier alpha value is -0.955. The highest BCUT2D eigenvalue weighted by Crippen LogP contribution is 2.21. The van der Waals surface area contributed by atoms with Gasteiger partial charge < -0.3 is 29.2 Å². The monoisotopic (exact) mass is 286 g/mol. The number of ketones is 1. The fourth-order valence-electron chi connectivity index (χ4n) is 1.77. The van der Waals surface area contributed by atoms with Crippen LogP contribution in [0.1, 0.15) is 26.2 Å². The molecule has 1 saturated heterocycles. The van der Waals surface area contributed by atoms with Crippen LogP contribution in [0.3, 0.4) is 0 Å². The number of carbonyl (C=O) groups is 2. The molecule has 8 heteroatoms. The van der Waals surface area contributed by atoms with E-state index in [0.29, 0.717) is 0 Å². The van der Waals surface area contributed by atoms with E-state index in [1.165, 1.54) is 6.92 Å². The molecule has 1 heterocycles. The van der Waals surface area contributed by atoms with E-state index in [2.05, 4.69) is 0 Å². The number of aliphatic hydroxyl groups is 2. The molecule has 7 nitrogen and oxygen atoms in total. The molecule has 0 aromatic rings. The molecule has 0 aromatic heterocycles. The number of ether oxygens (including phenoxy) is 3. The van der Waals surface area contributed by atoms with Gasteiger partial charge in [0.15, 0.2) is 6.79 Å². The number of rotatable bonds is 7. The normalized spacial score (nSPS) is 29.9. The van der Waals surface area contributed by atoms with Gasteiger partial charge in [0.05, 0.1) is 25.2 Å². The molecule has 0 aromatic carbocycles. The zero-order valence-corrected chi connectivity index (χ0v) is 11.4. The minimum atomic E-state index is -0.891. The van der Waals surface area contributed by atoms with E-state index < -0.39 is 30.3 Å². The first-order valence-electron chi connectivity index (χ1n) is 6.40. The van der Waals surface area contributed by atoms with Gasteiger partial charge in [-0.15, -0.1) is 0 Å². The lowest BCUT2D eigenvalue weighted by molar-refractivity contribution is -0.196. The molecule has 0 spiro atoms. The maximum atomic E-state index is 11.2. The second kappa shape index (κ2) is 8.36. The standard InChI is InChI=1S/C12H19BO7/c1-7(15)2-3-11(17)19-6-18-9-4-8(16)10(5-14)20-12(9)13/h8-10,12,14,16H,2-6H2,1H3/t8?,9?,10-,12-/m1/s1. The summed E-state index contributed by atoms with van der Waals surface area (Å²) in [5.41, 5.74) is 0. The van der Waals surface area contributed by atoms with Gasteiger partial charge in [-0.2, -0.15) is 0 Å². The molecule has 2 N–H and O–H groups in total. The van der Waals surface area contributed by atoms with Gasteiger partial charge in [0.1, 0.15) is 19.7 Å². The van der Waals surface area contributed by atoms with Crippen molar-refractivity contribution in [1.82, 2.24) is 0 Å². The van der Waals surface area contributed by atoms with Crippen molar-refractivity contribution in [3.05, 3.63) is 0 Å². The predicted molar refractivity (Wildman–Crippen MR) is 67.9 cm³/mol. The van der Waals surface area contributed by atoms with Crippen molar-refractivity contribution in [2.75, 3.05) is 13.4 Å². The summed E-state index contributed by atoms with van der Waals surface area (Å²) < 4.78 is 15.2. The first-order valence-corrected chi connectivity index (χ1v) is 6.40. The molecule has 1 aliphatic rings. The topological polar surface area (TPSA) is 102 Å². The van der Waals surface area contributed by atoms with E-state index in [1.54, 1.807) is 0 Å². The van der Waals surface area contributed by atoms with Crippen molar-refractivity contribution in [3.63, 3.8) is 0 Å². The van der Waals surface area contributed by atoms with Gasteiger partial charge >= 0.3 is 5.97 Å². The lowest BCUT2D eigenvalue weighted by atomic mass is 9.86. The number of carbonyl (C=O) groups excluding carboxylic acids is 2. The van der Waals surface area contributed by atoms with Crippen molar-refractivity contribution < 1.29 is 34.0 Å². The summed E-state index contributed by atoms with van der Waals surface area (Å²) in [6, 6.07) is -0.813. The minimum Gasteiger partial charge on any atom is -0.438 e. The van der Waals surface area contributed by atoms with E-state index in [9.17, 15) is 14.7 Å². The third-order valence-electron chi connectivity index (χ3n) is 2.96. The van der Waals surface area contributed by atoms with Gasteiger partial charge in [-0.05, 0) is 6.92 Å².